The van der Waals surface area contributed by atoms with Crippen molar-refractivity contribution in [3.63, 3.8) is 0 Å². The predicted molar refractivity (Wildman–Crippen MR) is 95.4 cm³/mol. The molecule has 0 spiro atoms. The molecule has 1 aromatic carbocycles. The molecule has 2 nitrogen and oxygen atoms in total. The van der Waals surface area contributed by atoms with Crippen LogP contribution in [0.15, 0.2) is 60.9 Å². The fourth-order valence-electron chi connectivity index (χ4n) is 1.88. The van der Waals surface area contributed by atoms with Gasteiger partial charge in [0.2, 0.25) is 0 Å². The average molecular weight is 308 g/mol. The second-order valence-corrected chi connectivity index (χ2v) is 6.03. The first-order valence-electron chi connectivity index (χ1n) is 7.23. The first-order valence-corrected chi connectivity index (χ1v) is 8.38. The first kappa shape index (κ1) is 16.2. The first-order chi connectivity index (χ1) is 10.8. The molecule has 0 saturated heterocycles. The fraction of sp³-hybridized carbons (Fsp3) is 0.211. The summed E-state index contributed by atoms with van der Waals surface area (Å²) < 4.78 is 0. The SMILES string of the molecule is C#Cc1ccc(CSCCC(=C)NCc2ccccc2)nc1. The Kier molecular flexibility index (Phi) is 6.60. The summed E-state index contributed by atoms with van der Waals surface area (Å²) >= 11 is 1.85. The van der Waals surface area contributed by atoms with Crippen LogP contribution in [0, 0.1) is 12.3 Å². The number of terminal acetylenes is 1. The zero-order valence-electron chi connectivity index (χ0n) is 12.6. The van der Waals surface area contributed by atoms with Gasteiger partial charge in [-0.05, 0) is 29.9 Å². The second-order valence-electron chi connectivity index (χ2n) is 4.93. The molecule has 2 rings (SSSR count). The molecule has 0 amide bonds. The van der Waals surface area contributed by atoms with Crippen molar-refractivity contribution in [2.75, 3.05) is 5.75 Å². The molecule has 3 heteroatoms. The highest BCUT2D eigenvalue weighted by atomic mass is 32.2. The zero-order chi connectivity index (χ0) is 15.6. The lowest BCUT2D eigenvalue weighted by Gasteiger charge is -2.09. The van der Waals surface area contributed by atoms with E-state index >= 15 is 0 Å². The van der Waals surface area contributed by atoms with Crippen molar-refractivity contribution in [2.45, 2.75) is 18.7 Å². The number of hydrogen-bond acceptors (Lipinski definition) is 3. The molecule has 112 valence electrons. The van der Waals surface area contributed by atoms with Crippen molar-refractivity contribution in [2.24, 2.45) is 0 Å². The van der Waals surface area contributed by atoms with Crippen LogP contribution in [-0.2, 0) is 12.3 Å². The zero-order valence-corrected chi connectivity index (χ0v) is 13.4. The molecule has 1 N–H and O–H groups in total. The number of rotatable bonds is 8. The number of allylic oxidation sites excluding steroid dienone is 1. The molecule has 0 bridgehead atoms. The topological polar surface area (TPSA) is 24.9 Å². The molecule has 1 heterocycles. The van der Waals surface area contributed by atoms with Gasteiger partial charge in [-0.25, -0.2) is 0 Å². The van der Waals surface area contributed by atoms with E-state index in [2.05, 4.69) is 34.9 Å². The van der Waals surface area contributed by atoms with E-state index in [-0.39, 0.29) is 0 Å². The van der Waals surface area contributed by atoms with Crippen LogP contribution in [0.1, 0.15) is 23.2 Å². The summed E-state index contributed by atoms with van der Waals surface area (Å²) in [7, 11) is 0. The molecule has 1 aromatic heterocycles. The third-order valence-corrected chi connectivity index (χ3v) is 4.17. The quantitative estimate of drug-likeness (QED) is 0.589. The Morgan fingerprint density at radius 1 is 1.23 bits per heavy atom. The summed E-state index contributed by atoms with van der Waals surface area (Å²) in [4.78, 5) is 4.34. The minimum absolute atomic E-state index is 0.826. The highest BCUT2D eigenvalue weighted by molar-refractivity contribution is 7.98. The summed E-state index contributed by atoms with van der Waals surface area (Å²) in [5, 5.41) is 3.37. The van der Waals surface area contributed by atoms with Gasteiger partial charge < -0.3 is 5.32 Å². The Hall–Kier alpha value is -2.18. The third kappa shape index (κ3) is 5.67. The number of hydrogen-bond donors (Lipinski definition) is 1. The lowest BCUT2D eigenvalue weighted by molar-refractivity contribution is 0.779. The van der Waals surface area contributed by atoms with Gasteiger partial charge in [-0.2, -0.15) is 11.8 Å². The van der Waals surface area contributed by atoms with Gasteiger partial charge in [0, 0.05) is 29.8 Å². The molecule has 0 unspecified atom stereocenters. The fourth-order valence-corrected chi connectivity index (χ4v) is 2.79. The van der Waals surface area contributed by atoms with E-state index in [1.54, 1.807) is 6.20 Å². The Balaban J connectivity index is 1.61. The number of nitrogens with one attached hydrogen (secondary N) is 1. The van der Waals surface area contributed by atoms with Crippen molar-refractivity contribution in [3.05, 3.63) is 77.8 Å². The second kappa shape index (κ2) is 8.96. The number of benzene rings is 1. The molecule has 0 aliphatic carbocycles. The minimum atomic E-state index is 0.826. The van der Waals surface area contributed by atoms with Crippen molar-refractivity contribution in [3.8, 4) is 12.3 Å². The van der Waals surface area contributed by atoms with E-state index in [0.717, 1.165) is 41.4 Å². The van der Waals surface area contributed by atoms with Crippen LogP contribution in [0.4, 0.5) is 0 Å². The highest BCUT2D eigenvalue weighted by Gasteiger charge is 1.98. The van der Waals surface area contributed by atoms with Gasteiger partial charge in [0.05, 0.1) is 5.69 Å². The molecule has 2 aromatic rings. The predicted octanol–water partition coefficient (Wildman–Crippen LogP) is 3.99. The molecule has 0 saturated carbocycles. The Morgan fingerprint density at radius 2 is 2.05 bits per heavy atom. The van der Waals surface area contributed by atoms with Crippen molar-refractivity contribution >= 4 is 11.8 Å². The summed E-state index contributed by atoms with van der Waals surface area (Å²) in [5.74, 6) is 4.50. The van der Waals surface area contributed by atoms with Crippen LogP contribution in [0.25, 0.3) is 0 Å². The third-order valence-electron chi connectivity index (χ3n) is 3.17. The van der Waals surface area contributed by atoms with E-state index in [9.17, 15) is 0 Å². The number of pyridine rings is 1. The average Bonchev–Trinajstić information content (AvgIpc) is 2.58. The maximum Gasteiger partial charge on any atom is 0.0503 e. The van der Waals surface area contributed by atoms with Crippen LogP contribution < -0.4 is 5.32 Å². The highest BCUT2D eigenvalue weighted by Crippen LogP contribution is 2.13. The summed E-state index contributed by atoms with van der Waals surface area (Å²) in [6.07, 6.45) is 8.02. The van der Waals surface area contributed by atoms with Crippen LogP contribution >= 0.6 is 11.8 Å². The normalized spacial score (nSPS) is 9.95. The largest absolute Gasteiger partial charge is 0.385 e. The van der Waals surface area contributed by atoms with Gasteiger partial charge >= 0.3 is 0 Å². The molecule has 22 heavy (non-hydrogen) atoms. The van der Waals surface area contributed by atoms with Crippen LogP contribution in [0.2, 0.25) is 0 Å². The minimum Gasteiger partial charge on any atom is -0.385 e. The summed E-state index contributed by atoms with van der Waals surface area (Å²) in [6.45, 7) is 4.91. The van der Waals surface area contributed by atoms with Gasteiger partial charge in [0.1, 0.15) is 0 Å². The lowest BCUT2D eigenvalue weighted by Crippen LogP contribution is -2.12. The van der Waals surface area contributed by atoms with Gasteiger partial charge in [-0.1, -0.05) is 42.8 Å². The van der Waals surface area contributed by atoms with Crippen molar-refractivity contribution in [1.29, 1.82) is 0 Å². The van der Waals surface area contributed by atoms with Gasteiger partial charge in [-0.3, -0.25) is 4.98 Å². The molecule has 0 fully saturated rings. The van der Waals surface area contributed by atoms with Crippen molar-refractivity contribution in [1.82, 2.24) is 10.3 Å². The Labute approximate surface area is 137 Å². The Morgan fingerprint density at radius 3 is 2.73 bits per heavy atom. The van der Waals surface area contributed by atoms with Gasteiger partial charge in [-0.15, -0.1) is 6.42 Å². The van der Waals surface area contributed by atoms with Gasteiger partial charge in [0.25, 0.3) is 0 Å². The van der Waals surface area contributed by atoms with E-state index in [4.69, 9.17) is 6.42 Å². The molecular formula is C19H20N2S. The smallest absolute Gasteiger partial charge is 0.0503 e. The van der Waals surface area contributed by atoms with Crippen LogP contribution in [0.5, 0.6) is 0 Å². The Bertz CT molecular complexity index is 627. The standard InChI is InChI=1S/C19H20N2S/c1-3-17-9-10-19(21-13-17)15-22-12-11-16(2)20-14-18-7-5-4-6-8-18/h1,4-10,13,20H,2,11-12,14-15H2. The number of aromatic nitrogens is 1. The van der Waals surface area contributed by atoms with Crippen LogP contribution in [0.3, 0.4) is 0 Å². The van der Waals surface area contributed by atoms with Crippen molar-refractivity contribution < 1.29 is 0 Å². The maximum absolute atomic E-state index is 5.31. The molecule has 0 radical (unpaired) electrons. The lowest BCUT2D eigenvalue weighted by atomic mass is 10.2. The van der Waals surface area contributed by atoms with E-state index < -0.39 is 0 Å². The summed E-state index contributed by atoms with van der Waals surface area (Å²) in [5.41, 5.74) is 4.24. The monoisotopic (exact) mass is 308 g/mol. The van der Waals surface area contributed by atoms with Gasteiger partial charge in [0.15, 0.2) is 0 Å². The molecule has 0 aliphatic rings. The number of nitrogens with zero attached hydrogens (tertiary/aromatic N) is 1. The summed E-state index contributed by atoms with van der Waals surface area (Å²) in [6, 6.07) is 14.3. The van der Waals surface area contributed by atoms with Crippen LogP contribution in [-0.4, -0.2) is 10.7 Å². The number of thioether (sulfide) groups is 1. The molecule has 0 atom stereocenters. The van der Waals surface area contributed by atoms with E-state index in [1.165, 1.54) is 5.56 Å². The molecule has 0 aliphatic heterocycles. The van der Waals surface area contributed by atoms with E-state index in [0.29, 0.717) is 0 Å². The van der Waals surface area contributed by atoms with E-state index in [1.807, 2.05) is 42.1 Å². The maximum atomic E-state index is 5.31. The molecular weight excluding hydrogens is 288 g/mol.